The first kappa shape index (κ1) is 21.3. The van der Waals surface area contributed by atoms with E-state index in [-0.39, 0.29) is 11.3 Å². The minimum atomic E-state index is -3.17. The molecule has 0 radical (unpaired) electrons. The van der Waals surface area contributed by atoms with E-state index in [2.05, 4.69) is 32.3 Å². The third-order valence-electron chi connectivity index (χ3n) is 7.12. The van der Waals surface area contributed by atoms with E-state index in [1.807, 2.05) is 32.3 Å². The van der Waals surface area contributed by atoms with Gasteiger partial charge in [0.25, 0.3) is 0 Å². The highest BCUT2D eigenvalue weighted by Gasteiger charge is 2.37. The van der Waals surface area contributed by atoms with Gasteiger partial charge in [-0.05, 0) is 31.7 Å². The molecule has 32 heavy (non-hydrogen) atoms. The predicted octanol–water partition coefficient (Wildman–Crippen LogP) is 3.20. The summed E-state index contributed by atoms with van der Waals surface area (Å²) in [6, 6.07) is 10.4. The minimum Gasteiger partial charge on any atom is -0.355 e. The van der Waals surface area contributed by atoms with Gasteiger partial charge in [-0.3, -0.25) is 4.68 Å². The van der Waals surface area contributed by atoms with Crippen molar-refractivity contribution in [2.24, 2.45) is 7.05 Å². The number of rotatable bonds is 5. The monoisotopic (exact) mass is 454 g/mol. The van der Waals surface area contributed by atoms with Crippen LogP contribution in [0.3, 0.4) is 0 Å². The van der Waals surface area contributed by atoms with E-state index in [4.69, 9.17) is 0 Å². The molecule has 2 fully saturated rings. The largest absolute Gasteiger partial charge is 0.355 e. The van der Waals surface area contributed by atoms with Crippen LogP contribution in [0.15, 0.2) is 36.5 Å². The van der Waals surface area contributed by atoms with Crippen molar-refractivity contribution >= 4 is 26.6 Å². The van der Waals surface area contributed by atoms with Gasteiger partial charge < -0.3 is 4.90 Å². The SMILES string of the molecule is CN(c1nnc(-c2ccnn2C)c2ccccc12)C1CCN(S(=O)(=O)C2CCCC2)CC1. The molecular weight excluding hydrogens is 424 g/mol. The summed E-state index contributed by atoms with van der Waals surface area (Å²) < 4.78 is 29.5. The van der Waals surface area contributed by atoms with Crippen molar-refractivity contribution in [2.75, 3.05) is 25.0 Å². The molecule has 0 unspecified atom stereocenters. The molecule has 2 aromatic heterocycles. The molecule has 8 nitrogen and oxygen atoms in total. The summed E-state index contributed by atoms with van der Waals surface area (Å²) in [5.41, 5.74) is 1.74. The third-order valence-corrected chi connectivity index (χ3v) is 9.52. The standard InChI is InChI=1S/C23H30N6O2S/c1-27(17-12-15-29(16-13-17)32(30,31)18-7-3-4-8-18)23-20-10-6-5-9-19(20)22(25-26-23)21-11-14-24-28(21)2/h5-6,9-11,14,17-18H,3-4,7-8,12-13,15-16H2,1-2H3. The summed E-state index contributed by atoms with van der Waals surface area (Å²) in [5.74, 6) is 0.837. The summed E-state index contributed by atoms with van der Waals surface area (Å²) in [6.07, 6.45) is 7.04. The Morgan fingerprint density at radius 1 is 0.969 bits per heavy atom. The van der Waals surface area contributed by atoms with Gasteiger partial charge in [-0.25, -0.2) is 12.7 Å². The Morgan fingerprint density at radius 3 is 2.31 bits per heavy atom. The number of hydrogen-bond donors (Lipinski definition) is 0. The van der Waals surface area contributed by atoms with Gasteiger partial charge >= 0.3 is 0 Å². The number of sulfonamides is 1. The van der Waals surface area contributed by atoms with Gasteiger partial charge in [0.05, 0.1) is 10.9 Å². The molecule has 0 amide bonds. The van der Waals surface area contributed by atoms with Crippen LogP contribution in [0.1, 0.15) is 38.5 Å². The molecule has 1 saturated heterocycles. The van der Waals surface area contributed by atoms with Crippen molar-refractivity contribution < 1.29 is 8.42 Å². The van der Waals surface area contributed by atoms with Crippen LogP contribution in [-0.4, -0.2) is 64.1 Å². The first-order chi connectivity index (χ1) is 15.5. The molecule has 0 bridgehead atoms. The van der Waals surface area contributed by atoms with Crippen LogP contribution >= 0.6 is 0 Å². The van der Waals surface area contributed by atoms with E-state index in [9.17, 15) is 8.42 Å². The summed E-state index contributed by atoms with van der Waals surface area (Å²) in [4.78, 5) is 2.18. The maximum absolute atomic E-state index is 13.0. The Morgan fingerprint density at radius 2 is 1.66 bits per heavy atom. The highest BCUT2D eigenvalue weighted by molar-refractivity contribution is 7.89. The molecule has 1 aliphatic carbocycles. The molecule has 3 heterocycles. The highest BCUT2D eigenvalue weighted by Crippen LogP contribution is 2.34. The van der Waals surface area contributed by atoms with Crippen molar-refractivity contribution in [2.45, 2.75) is 49.8 Å². The van der Waals surface area contributed by atoms with Gasteiger partial charge in [0.1, 0.15) is 5.69 Å². The fourth-order valence-corrected chi connectivity index (χ4v) is 7.27. The first-order valence-corrected chi connectivity index (χ1v) is 12.9. The smallest absolute Gasteiger partial charge is 0.216 e. The van der Waals surface area contributed by atoms with Gasteiger partial charge in [0.2, 0.25) is 10.0 Å². The molecule has 2 aliphatic rings. The number of hydrogen-bond acceptors (Lipinski definition) is 6. The molecule has 3 aromatic rings. The second-order valence-electron chi connectivity index (χ2n) is 8.95. The number of piperidine rings is 1. The van der Waals surface area contributed by atoms with Gasteiger partial charge in [-0.1, -0.05) is 37.1 Å². The molecule has 1 aromatic carbocycles. The minimum absolute atomic E-state index is 0.175. The summed E-state index contributed by atoms with van der Waals surface area (Å²) in [6.45, 7) is 1.15. The molecule has 170 valence electrons. The lowest BCUT2D eigenvalue weighted by atomic mass is 10.0. The fraction of sp³-hybridized carbons (Fsp3) is 0.522. The third kappa shape index (κ3) is 3.67. The molecule has 1 aliphatic heterocycles. The Kier molecular flexibility index (Phi) is 5.63. The first-order valence-electron chi connectivity index (χ1n) is 11.4. The number of anilines is 1. The van der Waals surface area contributed by atoms with Crippen LogP contribution in [-0.2, 0) is 17.1 Å². The maximum Gasteiger partial charge on any atom is 0.216 e. The summed E-state index contributed by atoms with van der Waals surface area (Å²) >= 11 is 0. The number of fused-ring (bicyclic) bond motifs is 1. The van der Waals surface area contributed by atoms with E-state index in [0.29, 0.717) is 13.1 Å². The van der Waals surface area contributed by atoms with Crippen LogP contribution < -0.4 is 4.90 Å². The van der Waals surface area contributed by atoms with Crippen LogP contribution in [0.4, 0.5) is 5.82 Å². The number of nitrogens with zero attached hydrogens (tertiary/aromatic N) is 6. The number of benzene rings is 1. The van der Waals surface area contributed by atoms with E-state index < -0.39 is 10.0 Å². The normalized spacial score (nSPS) is 19.1. The van der Waals surface area contributed by atoms with Crippen LogP contribution in [0, 0.1) is 0 Å². The average Bonchev–Trinajstić information content (AvgIpc) is 3.51. The Bertz CT molecular complexity index is 1210. The molecular formula is C23H30N6O2S. The van der Waals surface area contributed by atoms with Gasteiger partial charge in [-0.15, -0.1) is 10.2 Å². The molecule has 0 atom stereocenters. The number of aromatic nitrogens is 4. The fourth-order valence-electron chi connectivity index (χ4n) is 5.20. The van der Waals surface area contributed by atoms with Gasteiger partial charge in [0, 0.05) is 50.2 Å². The molecule has 5 rings (SSSR count). The summed E-state index contributed by atoms with van der Waals surface area (Å²) in [5, 5.41) is 15.4. The van der Waals surface area contributed by atoms with Gasteiger partial charge in [-0.2, -0.15) is 5.10 Å². The van der Waals surface area contributed by atoms with Gasteiger partial charge in [0.15, 0.2) is 5.82 Å². The Balaban J connectivity index is 1.38. The second kappa shape index (κ2) is 8.44. The highest BCUT2D eigenvalue weighted by atomic mass is 32.2. The zero-order valence-corrected chi connectivity index (χ0v) is 19.5. The van der Waals surface area contributed by atoms with E-state index in [1.54, 1.807) is 15.2 Å². The van der Waals surface area contributed by atoms with Crippen LogP contribution in [0.5, 0.6) is 0 Å². The van der Waals surface area contributed by atoms with Crippen molar-refractivity contribution in [1.82, 2.24) is 24.3 Å². The predicted molar refractivity (Wildman–Crippen MR) is 126 cm³/mol. The Labute approximate surface area is 189 Å². The second-order valence-corrected chi connectivity index (χ2v) is 11.2. The van der Waals surface area contributed by atoms with Crippen molar-refractivity contribution in [1.29, 1.82) is 0 Å². The lowest BCUT2D eigenvalue weighted by Crippen LogP contribution is -2.48. The molecule has 0 N–H and O–H groups in total. The van der Waals surface area contributed by atoms with Crippen LogP contribution in [0.2, 0.25) is 0 Å². The quantitative estimate of drug-likeness (QED) is 0.589. The zero-order valence-electron chi connectivity index (χ0n) is 18.7. The zero-order chi connectivity index (χ0) is 22.3. The van der Waals surface area contributed by atoms with Crippen LogP contribution in [0.25, 0.3) is 22.2 Å². The molecule has 0 spiro atoms. The molecule has 9 heteroatoms. The lowest BCUT2D eigenvalue weighted by Gasteiger charge is -2.37. The topological polar surface area (TPSA) is 84.2 Å². The lowest BCUT2D eigenvalue weighted by molar-refractivity contribution is 0.311. The Hall–Kier alpha value is -2.52. The van der Waals surface area contributed by atoms with Crippen molar-refractivity contribution in [3.8, 4) is 11.4 Å². The van der Waals surface area contributed by atoms with Crippen molar-refractivity contribution in [3.63, 3.8) is 0 Å². The number of aryl methyl sites for hydroxylation is 1. The molecule has 1 saturated carbocycles. The van der Waals surface area contributed by atoms with Crippen molar-refractivity contribution in [3.05, 3.63) is 36.5 Å². The van der Waals surface area contributed by atoms with E-state index in [0.717, 1.165) is 66.5 Å². The van der Waals surface area contributed by atoms with E-state index >= 15 is 0 Å². The summed E-state index contributed by atoms with van der Waals surface area (Å²) in [7, 11) is 0.783. The van der Waals surface area contributed by atoms with E-state index in [1.165, 1.54) is 0 Å². The average molecular weight is 455 g/mol. The maximum atomic E-state index is 13.0.